The third kappa shape index (κ3) is 2.22. The number of hydrogen-bond acceptors (Lipinski definition) is 3. The molecule has 2 aromatic rings. The predicted molar refractivity (Wildman–Crippen MR) is 98.9 cm³/mol. The molecule has 4 nitrogen and oxygen atoms in total. The maximum absolute atomic E-state index is 12.9. The van der Waals surface area contributed by atoms with Crippen LogP contribution in [0.2, 0.25) is 5.02 Å². The molecule has 130 valence electrons. The van der Waals surface area contributed by atoms with Gasteiger partial charge in [-0.2, -0.15) is 5.43 Å². The van der Waals surface area contributed by atoms with Crippen LogP contribution in [0, 0.1) is 0 Å². The van der Waals surface area contributed by atoms with E-state index >= 15 is 0 Å². The zero-order valence-corrected chi connectivity index (χ0v) is 14.9. The molecule has 0 unspecified atom stereocenters. The van der Waals surface area contributed by atoms with Crippen molar-refractivity contribution in [3.8, 4) is 0 Å². The Balaban J connectivity index is 1.76. The Bertz CT molecular complexity index is 950. The number of hydrazine groups is 1. The van der Waals surface area contributed by atoms with Crippen LogP contribution < -0.4 is 5.43 Å². The average molecular weight is 366 g/mol. The van der Waals surface area contributed by atoms with Gasteiger partial charge in [-0.3, -0.25) is 0 Å². The van der Waals surface area contributed by atoms with Crippen LogP contribution in [0.4, 0.5) is 0 Å². The molecule has 5 rings (SSSR count). The van der Waals surface area contributed by atoms with E-state index < -0.39 is 5.72 Å². The van der Waals surface area contributed by atoms with Gasteiger partial charge in [-0.15, -0.1) is 0 Å². The summed E-state index contributed by atoms with van der Waals surface area (Å²) in [6.45, 7) is 0. The third-order valence-electron chi connectivity index (χ3n) is 5.37. The summed E-state index contributed by atoms with van der Waals surface area (Å²) in [5.74, 6) is -0.324. The number of rotatable bonds is 2. The van der Waals surface area contributed by atoms with E-state index in [2.05, 4.69) is 11.5 Å². The average Bonchev–Trinajstić information content (AvgIpc) is 3.21. The van der Waals surface area contributed by atoms with Crippen molar-refractivity contribution in [1.29, 1.82) is 0 Å². The number of carbonyl (C=O) groups excluding carboxylic acids is 1. The molecule has 1 N–H and O–H groups in total. The number of hydrogen-bond donors (Lipinski definition) is 1. The van der Waals surface area contributed by atoms with E-state index in [1.165, 1.54) is 5.57 Å². The summed E-state index contributed by atoms with van der Waals surface area (Å²) in [5, 5.41) is 0.656. The van der Waals surface area contributed by atoms with E-state index in [4.69, 9.17) is 16.3 Å². The van der Waals surface area contributed by atoms with Gasteiger partial charge in [0.2, 0.25) is 0 Å². The summed E-state index contributed by atoms with van der Waals surface area (Å²) >= 11 is 6.08. The van der Waals surface area contributed by atoms with Crippen molar-refractivity contribution in [1.82, 2.24) is 5.43 Å². The first-order chi connectivity index (χ1) is 12.7. The molecule has 1 saturated carbocycles. The zero-order valence-electron chi connectivity index (χ0n) is 14.1. The molecule has 0 aromatic heterocycles. The number of nitrogens with one attached hydrogen (secondary N) is 1. The summed E-state index contributed by atoms with van der Waals surface area (Å²) in [6, 6.07) is 17.4. The first-order valence-electron chi connectivity index (χ1n) is 8.87. The predicted octanol–water partition coefficient (Wildman–Crippen LogP) is 3.55. The maximum atomic E-state index is 12.9. The highest BCUT2D eigenvalue weighted by atomic mass is 35.5. The minimum Gasteiger partial charge on any atom is -0.382 e. The summed E-state index contributed by atoms with van der Waals surface area (Å²) in [6.07, 6.45) is 5.36. The largest absolute Gasteiger partial charge is 0.412 e. The van der Waals surface area contributed by atoms with E-state index in [1.54, 1.807) is 0 Å². The molecule has 2 heterocycles. The van der Waals surface area contributed by atoms with Crippen LogP contribution in [0.5, 0.6) is 0 Å². The Kier molecular flexibility index (Phi) is 3.44. The molecule has 0 radical (unpaired) electrons. The Labute approximate surface area is 156 Å². The quantitative estimate of drug-likeness (QED) is 0.502. The lowest BCUT2D eigenvalue weighted by Crippen LogP contribution is -2.53. The van der Waals surface area contributed by atoms with Crippen LogP contribution in [-0.2, 0) is 15.3 Å². The van der Waals surface area contributed by atoms with Crippen molar-refractivity contribution in [3.63, 3.8) is 0 Å². The van der Waals surface area contributed by atoms with Crippen molar-refractivity contribution in [2.45, 2.75) is 31.0 Å². The Morgan fingerprint density at radius 3 is 2.65 bits per heavy atom. The standard InChI is InChI=1S/C21H17ClN2O2/c22-17-11-9-16(10-12-17)21-13-15-7-4-8-18(15)23-24(21)19(20(25)26-21)14-5-2-1-3-6-14/h1-3,5-6,9-13,18H,4,7-8H2/p+1/t18-,21-/m1/s1. The lowest BCUT2D eigenvalue weighted by Gasteiger charge is -2.29. The van der Waals surface area contributed by atoms with Gasteiger partial charge in [0, 0.05) is 11.1 Å². The van der Waals surface area contributed by atoms with Crippen molar-refractivity contribution in [2.75, 3.05) is 0 Å². The van der Waals surface area contributed by atoms with Gasteiger partial charge < -0.3 is 4.74 Å². The molecule has 0 saturated heterocycles. The molecule has 0 spiro atoms. The minimum absolute atomic E-state index is 0.253. The summed E-state index contributed by atoms with van der Waals surface area (Å²) in [7, 11) is 0. The van der Waals surface area contributed by atoms with Gasteiger partial charge in [-0.1, -0.05) is 34.5 Å². The second-order valence-corrected chi connectivity index (χ2v) is 7.37. The molecule has 2 aromatic carbocycles. The first kappa shape index (κ1) is 15.6. The van der Waals surface area contributed by atoms with Gasteiger partial charge in [-0.25, -0.2) is 4.79 Å². The summed E-state index contributed by atoms with van der Waals surface area (Å²) in [5.41, 5.74) is 6.16. The first-order valence-corrected chi connectivity index (χ1v) is 9.25. The molecule has 1 fully saturated rings. The van der Waals surface area contributed by atoms with Gasteiger partial charge in [0.15, 0.2) is 0 Å². The van der Waals surface area contributed by atoms with Crippen molar-refractivity contribution >= 4 is 23.3 Å². The zero-order chi connectivity index (χ0) is 17.7. The van der Waals surface area contributed by atoms with E-state index in [0.717, 1.165) is 30.4 Å². The topological polar surface area (TPSA) is 41.3 Å². The monoisotopic (exact) mass is 365 g/mol. The molecular formula is C21H18ClN2O2+. The lowest BCUT2D eigenvalue weighted by atomic mass is 9.95. The Hall–Kier alpha value is -2.59. The number of fused-ring (bicyclic) bond motifs is 2. The smallest absolute Gasteiger partial charge is 0.382 e. The van der Waals surface area contributed by atoms with E-state index in [-0.39, 0.29) is 12.0 Å². The molecule has 0 bridgehead atoms. The molecule has 26 heavy (non-hydrogen) atoms. The molecule has 2 aliphatic heterocycles. The highest BCUT2D eigenvalue weighted by Crippen LogP contribution is 2.41. The van der Waals surface area contributed by atoms with Crippen molar-refractivity contribution in [3.05, 3.63) is 82.4 Å². The summed E-state index contributed by atoms with van der Waals surface area (Å²) < 4.78 is 7.93. The third-order valence-corrected chi connectivity index (χ3v) is 5.63. The highest BCUT2D eigenvalue weighted by molar-refractivity contribution is 6.42. The SMILES string of the molecule is O=C1O[C@@]2(c3ccc(Cl)cc3)C=C3CCC[C@H]3N[N+]2=C1c1ccccc1. The van der Waals surface area contributed by atoms with E-state index in [9.17, 15) is 4.79 Å². The Morgan fingerprint density at radius 1 is 1.12 bits per heavy atom. The molecule has 3 aliphatic rings. The van der Waals surface area contributed by atoms with Gasteiger partial charge in [0.25, 0.3) is 0 Å². The number of ether oxygens (including phenoxy) is 1. The van der Waals surface area contributed by atoms with Crippen molar-refractivity contribution < 1.29 is 14.2 Å². The number of benzene rings is 2. The fourth-order valence-electron chi connectivity index (χ4n) is 4.15. The number of hydrazone groups is 1. The number of halogens is 1. The van der Waals surface area contributed by atoms with Gasteiger partial charge in [0.05, 0.1) is 11.1 Å². The van der Waals surface area contributed by atoms with E-state index in [0.29, 0.717) is 10.7 Å². The fraction of sp³-hybridized carbons (Fsp3) is 0.238. The van der Waals surface area contributed by atoms with Gasteiger partial charge in [0.1, 0.15) is 6.04 Å². The van der Waals surface area contributed by atoms with Gasteiger partial charge in [-0.05, 0) is 61.2 Å². The van der Waals surface area contributed by atoms with Crippen LogP contribution >= 0.6 is 11.6 Å². The molecule has 5 heteroatoms. The lowest BCUT2D eigenvalue weighted by molar-refractivity contribution is -0.692. The van der Waals surface area contributed by atoms with E-state index in [1.807, 2.05) is 59.3 Å². The highest BCUT2D eigenvalue weighted by Gasteiger charge is 2.60. The molecular weight excluding hydrogens is 348 g/mol. The fourth-order valence-corrected chi connectivity index (χ4v) is 4.27. The molecule has 2 atom stereocenters. The molecule has 1 aliphatic carbocycles. The number of esters is 1. The van der Waals surface area contributed by atoms with Crippen LogP contribution in [0.3, 0.4) is 0 Å². The van der Waals surface area contributed by atoms with Crippen LogP contribution in [0.15, 0.2) is 66.2 Å². The maximum Gasteiger partial charge on any atom is 0.412 e. The van der Waals surface area contributed by atoms with Crippen LogP contribution in [0.1, 0.15) is 30.4 Å². The minimum atomic E-state index is -0.969. The number of carbonyl (C=O) groups is 1. The van der Waals surface area contributed by atoms with Crippen LogP contribution in [-0.4, -0.2) is 22.4 Å². The normalized spacial score (nSPS) is 26.7. The second-order valence-electron chi connectivity index (χ2n) is 6.94. The van der Waals surface area contributed by atoms with Crippen LogP contribution in [0.25, 0.3) is 0 Å². The van der Waals surface area contributed by atoms with Crippen molar-refractivity contribution in [2.24, 2.45) is 0 Å². The van der Waals surface area contributed by atoms with Gasteiger partial charge >= 0.3 is 17.4 Å². The summed E-state index contributed by atoms with van der Waals surface area (Å²) in [4.78, 5) is 12.9. The molecule has 0 amide bonds. The number of nitrogens with zero attached hydrogens (tertiary/aromatic N) is 1. The second kappa shape index (κ2) is 5.71. The Morgan fingerprint density at radius 2 is 1.88 bits per heavy atom.